The van der Waals surface area contributed by atoms with Crippen molar-refractivity contribution in [2.45, 2.75) is 65.1 Å². The number of hydrogen-bond acceptors (Lipinski definition) is 6. The number of hydrogen-bond donors (Lipinski definition) is 0. The van der Waals surface area contributed by atoms with Crippen LogP contribution in [0.15, 0.2) is 12.3 Å². The standard InChI is InChI=1S/C20H30FN3O4/c1-13-11-23(7-8-24(13)18(25)28-19(2,3)4)17-15(21)9-14(10-22-17)16-12-26-20(5,6)27-16/h9-10,13,16H,7-8,11-12H2,1-6H3/t13-,16+/m0/s1. The van der Waals surface area contributed by atoms with Crippen LogP contribution in [0.3, 0.4) is 0 Å². The van der Waals surface area contributed by atoms with E-state index in [0.29, 0.717) is 31.8 Å². The molecule has 28 heavy (non-hydrogen) atoms. The molecule has 0 aromatic carbocycles. The van der Waals surface area contributed by atoms with Gasteiger partial charge < -0.3 is 24.0 Å². The Labute approximate surface area is 165 Å². The topological polar surface area (TPSA) is 64.1 Å². The molecule has 1 aromatic rings. The number of nitrogens with zero attached hydrogens (tertiary/aromatic N) is 3. The van der Waals surface area contributed by atoms with Gasteiger partial charge >= 0.3 is 6.09 Å². The highest BCUT2D eigenvalue weighted by molar-refractivity contribution is 5.69. The number of carbonyl (C=O) groups excluding carboxylic acids is 1. The number of aromatic nitrogens is 1. The fraction of sp³-hybridized carbons (Fsp3) is 0.700. The Hall–Kier alpha value is -1.93. The fourth-order valence-corrected chi connectivity index (χ4v) is 3.45. The van der Waals surface area contributed by atoms with Crippen LogP contribution in [-0.4, -0.2) is 59.6 Å². The average Bonchev–Trinajstić information content (AvgIpc) is 2.93. The first kappa shape index (κ1) is 20.8. The van der Waals surface area contributed by atoms with E-state index in [1.54, 1.807) is 11.1 Å². The third kappa shape index (κ3) is 4.72. The molecule has 0 radical (unpaired) electrons. The zero-order valence-corrected chi connectivity index (χ0v) is 17.5. The molecular formula is C20H30FN3O4. The second kappa shape index (κ2) is 7.48. The van der Waals surface area contributed by atoms with Gasteiger partial charge in [-0.3, -0.25) is 0 Å². The van der Waals surface area contributed by atoms with E-state index in [1.807, 2.05) is 46.4 Å². The molecule has 7 nitrogen and oxygen atoms in total. The van der Waals surface area contributed by atoms with Crippen molar-refractivity contribution in [2.75, 3.05) is 31.1 Å². The van der Waals surface area contributed by atoms with Crippen LogP contribution in [0.5, 0.6) is 0 Å². The second-order valence-corrected chi connectivity index (χ2v) is 8.86. The van der Waals surface area contributed by atoms with Crippen LogP contribution >= 0.6 is 0 Å². The molecule has 0 N–H and O–H groups in total. The summed E-state index contributed by atoms with van der Waals surface area (Å²) >= 11 is 0. The minimum absolute atomic E-state index is 0.114. The lowest BCUT2D eigenvalue weighted by atomic mass is 10.1. The normalized spacial score (nSPS) is 25.1. The van der Waals surface area contributed by atoms with Crippen LogP contribution in [0.25, 0.3) is 0 Å². The van der Waals surface area contributed by atoms with Crippen molar-refractivity contribution in [1.29, 1.82) is 0 Å². The molecule has 0 spiro atoms. The number of piperazine rings is 1. The summed E-state index contributed by atoms with van der Waals surface area (Å²) in [4.78, 5) is 20.2. The van der Waals surface area contributed by atoms with Crippen molar-refractivity contribution < 1.29 is 23.4 Å². The molecular weight excluding hydrogens is 365 g/mol. The van der Waals surface area contributed by atoms with Gasteiger partial charge in [-0.2, -0.15) is 0 Å². The molecule has 1 aromatic heterocycles. The molecule has 2 aliphatic heterocycles. The van der Waals surface area contributed by atoms with E-state index < -0.39 is 17.2 Å². The van der Waals surface area contributed by atoms with Crippen molar-refractivity contribution in [2.24, 2.45) is 0 Å². The Bertz CT molecular complexity index is 735. The molecule has 0 aliphatic carbocycles. The summed E-state index contributed by atoms with van der Waals surface area (Å²) in [5.41, 5.74) is 0.116. The Morgan fingerprint density at radius 3 is 2.61 bits per heavy atom. The SMILES string of the molecule is C[C@H]1CN(c2ncc([C@H]3COC(C)(C)O3)cc2F)CCN1C(=O)OC(C)(C)C. The van der Waals surface area contributed by atoms with E-state index in [-0.39, 0.29) is 24.1 Å². The molecule has 3 heterocycles. The predicted molar refractivity (Wildman–Crippen MR) is 103 cm³/mol. The van der Waals surface area contributed by atoms with Crippen LogP contribution in [0, 0.1) is 5.82 Å². The van der Waals surface area contributed by atoms with Gasteiger partial charge in [-0.05, 0) is 47.6 Å². The summed E-state index contributed by atoms with van der Waals surface area (Å²) < 4.78 is 31.6. The maximum absolute atomic E-state index is 14.8. The number of amides is 1. The molecule has 2 aliphatic rings. The van der Waals surface area contributed by atoms with E-state index in [0.717, 1.165) is 0 Å². The van der Waals surface area contributed by atoms with E-state index in [2.05, 4.69) is 4.98 Å². The molecule has 0 unspecified atom stereocenters. The molecule has 3 rings (SSSR count). The number of carbonyl (C=O) groups is 1. The van der Waals surface area contributed by atoms with Crippen LogP contribution in [0.4, 0.5) is 15.0 Å². The van der Waals surface area contributed by atoms with Crippen LogP contribution in [-0.2, 0) is 14.2 Å². The first-order valence-corrected chi connectivity index (χ1v) is 9.67. The van der Waals surface area contributed by atoms with Gasteiger partial charge in [-0.25, -0.2) is 14.2 Å². The molecule has 2 saturated heterocycles. The number of rotatable bonds is 2. The Balaban J connectivity index is 1.66. The van der Waals surface area contributed by atoms with Crippen molar-refractivity contribution >= 4 is 11.9 Å². The van der Waals surface area contributed by atoms with E-state index in [9.17, 15) is 9.18 Å². The first-order valence-electron chi connectivity index (χ1n) is 9.67. The summed E-state index contributed by atoms with van der Waals surface area (Å²) in [6.45, 7) is 12.9. The number of anilines is 1. The average molecular weight is 395 g/mol. The van der Waals surface area contributed by atoms with Gasteiger partial charge in [-0.15, -0.1) is 0 Å². The zero-order valence-electron chi connectivity index (χ0n) is 17.5. The quantitative estimate of drug-likeness (QED) is 0.764. The maximum atomic E-state index is 14.8. The van der Waals surface area contributed by atoms with Gasteiger partial charge in [-0.1, -0.05) is 0 Å². The number of ether oxygens (including phenoxy) is 3. The minimum Gasteiger partial charge on any atom is -0.444 e. The minimum atomic E-state index is -0.673. The molecule has 156 valence electrons. The predicted octanol–water partition coefficient (Wildman–Crippen LogP) is 3.49. The summed E-state index contributed by atoms with van der Waals surface area (Å²) in [7, 11) is 0. The maximum Gasteiger partial charge on any atom is 0.410 e. The lowest BCUT2D eigenvalue weighted by molar-refractivity contribution is -0.139. The third-order valence-electron chi connectivity index (χ3n) is 4.78. The largest absolute Gasteiger partial charge is 0.444 e. The Morgan fingerprint density at radius 2 is 2.07 bits per heavy atom. The number of halogens is 1. The summed E-state index contributed by atoms with van der Waals surface area (Å²) in [6, 6.07) is 1.35. The van der Waals surface area contributed by atoms with Gasteiger partial charge in [0.1, 0.15) is 11.7 Å². The summed E-state index contributed by atoms with van der Waals surface area (Å²) in [6.07, 6.45) is 0.970. The summed E-state index contributed by atoms with van der Waals surface area (Å²) in [5, 5.41) is 0. The van der Waals surface area contributed by atoms with Crippen LogP contribution in [0.2, 0.25) is 0 Å². The van der Waals surface area contributed by atoms with Gasteiger partial charge in [0.15, 0.2) is 17.4 Å². The number of pyridine rings is 1. The zero-order chi connectivity index (χ0) is 20.7. The monoisotopic (exact) mass is 395 g/mol. The third-order valence-corrected chi connectivity index (χ3v) is 4.78. The second-order valence-electron chi connectivity index (χ2n) is 8.86. The lowest BCUT2D eigenvalue weighted by Gasteiger charge is -2.40. The van der Waals surface area contributed by atoms with Gasteiger partial charge in [0.05, 0.1) is 6.61 Å². The highest BCUT2D eigenvalue weighted by atomic mass is 19.1. The first-order chi connectivity index (χ1) is 13.0. The van der Waals surface area contributed by atoms with E-state index in [4.69, 9.17) is 14.2 Å². The van der Waals surface area contributed by atoms with Crippen molar-refractivity contribution in [1.82, 2.24) is 9.88 Å². The highest BCUT2D eigenvalue weighted by Crippen LogP contribution is 2.34. The Morgan fingerprint density at radius 1 is 1.36 bits per heavy atom. The molecule has 0 saturated carbocycles. The van der Waals surface area contributed by atoms with Crippen molar-refractivity contribution in [3.8, 4) is 0 Å². The fourth-order valence-electron chi connectivity index (χ4n) is 3.45. The van der Waals surface area contributed by atoms with E-state index >= 15 is 0 Å². The van der Waals surface area contributed by atoms with Crippen LogP contribution in [0.1, 0.15) is 53.2 Å². The molecule has 1 amide bonds. The highest BCUT2D eigenvalue weighted by Gasteiger charge is 2.35. The van der Waals surface area contributed by atoms with Crippen LogP contribution < -0.4 is 4.90 Å². The Kier molecular flexibility index (Phi) is 5.55. The lowest BCUT2D eigenvalue weighted by Crippen LogP contribution is -2.55. The van der Waals surface area contributed by atoms with Crippen molar-refractivity contribution in [3.63, 3.8) is 0 Å². The molecule has 2 fully saturated rings. The van der Waals surface area contributed by atoms with Gasteiger partial charge in [0.25, 0.3) is 0 Å². The molecule has 0 bridgehead atoms. The molecule has 8 heteroatoms. The molecule has 2 atom stereocenters. The van der Waals surface area contributed by atoms with E-state index in [1.165, 1.54) is 6.07 Å². The van der Waals surface area contributed by atoms with Gasteiger partial charge in [0, 0.05) is 37.4 Å². The van der Waals surface area contributed by atoms with Crippen molar-refractivity contribution in [3.05, 3.63) is 23.6 Å². The summed E-state index contributed by atoms with van der Waals surface area (Å²) in [5.74, 6) is -0.783. The van der Waals surface area contributed by atoms with Gasteiger partial charge in [0.2, 0.25) is 0 Å². The smallest absolute Gasteiger partial charge is 0.410 e.